The van der Waals surface area contributed by atoms with Gasteiger partial charge in [-0.1, -0.05) is 189 Å². The minimum atomic E-state index is -0.526. The van der Waals surface area contributed by atoms with Crippen LogP contribution in [0.3, 0.4) is 0 Å². The van der Waals surface area contributed by atoms with E-state index >= 15 is 0 Å². The van der Waals surface area contributed by atoms with Crippen molar-refractivity contribution < 1.29 is 0 Å². The number of hydrogen-bond donors (Lipinski definition) is 2. The molecule has 1 aliphatic carbocycles. The van der Waals surface area contributed by atoms with Crippen molar-refractivity contribution in [3.05, 3.63) is 258 Å². The first-order valence-electron chi connectivity index (χ1n) is 17.4. The molecule has 0 aromatic heterocycles. The van der Waals surface area contributed by atoms with Crippen molar-refractivity contribution in [1.82, 2.24) is 5.32 Å². The van der Waals surface area contributed by atoms with Crippen molar-refractivity contribution >= 4 is 5.69 Å². The van der Waals surface area contributed by atoms with Gasteiger partial charge in [-0.05, 0) is 80.4 Å². The highest BCUT2D eigenvalue weighted by Crippen LogP contribution is 2.49. The summed E-state index contributed by atoms with van der Waals surface area (Å²) in [6, 6.07) is 57.3. The molecule has 0 saturated carbocycles. The predicted octanol–water partition coefficient (Wildman–Crippen LogP) is 11.3. The van der Waals surface area contributed by atoms with Crippen molar-refractivity contribution in [2.75, 3.05) is 5.73 Å². The van der Waals surface area contributed by atoms with Gasteiger partial charge in [0.15, 0.2) is 0 Å². The molecule has 2 heteroatoms. The summed E-state index contributed by atoms with van der Waals surface area (Å²) < 4.78 is 0. The van der Waals surface area contributed by atoms with Gasteiger partial charge >= 0.3 is 0 Å². The predicted molar refractivity (Wildman–Crippen MR) is 215 cm³/mol. The second-order valence-corrected chi connectivity index (χ2v) is 13.0. The largest absolute Gasteiger partial charge is 0.398 e. The van der Waals surface area contributed by atoms with Crippen LogP contribution in [0.25, 0.3) is 11.1 Å². The van der Waals surface area contributed by atoms with Gasteiger partial charge < -0.3 is 11.1 Å². The van der Waals surface area contributed by atoms with Crippen LogP contribution < -0.4 is 11.1 Å². The second-order valence-electron chi connectivity index (χ2n) is 13.0. The van der Waals surface area contributed by atoms with Crippen LogP contribution in [0.2, 0.25) is 0 Å². The van der Waals surface area contributed by atoms with Crippen LogP contribution in [0.4, 0.5) is 5.69 Å². The Bertz CT molecular complexity index is 2180. The van der Waals surface area contributed by atoms with Gasteiger partial charge in [0.25, 0.3) is 0 Å². The highest BCUT2D eigenvalue weighted by atomic mass is 14.9. The molecule has 1 unspecified atom stereocenters. The van der Waals surface area contributed by atoms with Crippen molar-refractivity contribution in [3.63, 3.8) is 0 Å². The first kappa shape index (κ1) is 33.1. The summed E-state index contributed by atoms with van der Waals surface area (Å²) >= 11 is 0. The number of rotatable bonds is 10. The molecule has 1 aliphatic rings. The van der Waals surface area contributed by atoms with Crippen LogP contribution in [-0.2, 0) is 11.8 Å². The van der Waals surface area contributed by atoms with E-state index in [-0.39, 0.29) is 6.04 Å². The molecule has 0 amide bonds. The summed E-state index contributed by atoms with van der Waals surface area (Å²) in [5.74, 6) is 0. The SMILES string of the molecule is C=C(/C=C\C=C/NC(c1ccc(-c2ccccc2)cc1)c1ccccc1N)C1=CC(=C)C(c2ccccc2)(c2ccccc2)c2ccccc2C1. The quantitative estimate of drug-likeness (QED) is 0.114. The molecule has 0 spiro atoms. The van der Waals surface area contributed by atoms with E-state index in [0.717, 1.165) is 40.0 Å². The van der Waals surface area contributed by atoms with Gasteiger partial charge in [0.1, 0.15) is 0 Å². The number of nitrogens with two attached hydrogens (primary N) is 1. The Kier molecular flexibility index (Phi) is 9.76. The molecule has 6 aromatic carbocycles. The smallest absolute Gasteiger partial charge is 0.0782 e. The normalized spacial score (nSPS) is 14.4. The number of benzene rings is 6. The minimum Gasteiger partial charge on any atom is -0.398 e. The molecular weight excluding hydrogens is 617 g/mol. The first-order chi connectivity index (χ1) is 25.1. The highest BCUT2D eigenvalue weighted by Gasteiger charge is 2.41. The van der Waals surface area contributed by atoms with Crippen LogP contribution >= 0.6 is 0 Å². The van der Waals surface area contributed by atoms with Crippen molar-refractivity contribution in [3.8, 4) is 11.1 Å². The maximum Gasteiger partial charge on any atom is 0.0782 e. The Hall–Kier alpha value is -6.38. The number of allylic oxidation sites excluding steroid dienone is 7. The standard InChI is InChI=1S/C49H42N2/c1-36(18-16-17-33-51-48(45-26-13-15-28-47(45)50)40-31-29-39(30-32-40)38-19-6-3-7-20-38)42-34-37(2)49(43-22-8-4-9-23-43,44-24-10-5-11-25-44)46-27-14-12-21-41(46)35-42/h3-34,48,51H,1-2,35,50H2/b18-16-,33-17-. The minimum absolute atomic E-state index is 0.114. The third-order valence-electron chi connectivity index (χ3n) is 9.88. The summed E-state index contributed by atoms with van der Waals surface area (Å²) in [6.07, 6.45) is 11.1. The molecule has 0 aliphatic heterocycles. The molecule has 0 saturated heterocycles. The molecule has 0 bridgehead atoms. The van der Waals surface area contributed by atoms with Crippen LogP contribution in [0.1, 0.15) is 39.4 Å². The Labute approximate surface area is 302 Å². The average molecular weight is 659 g/mol. The molecule has 0 radical (unpaired) electrons. The number of nitrogens with one attached hydrogen (secondary N) is 1. The average Bonchev–Trinajstić information content (AvgIpc) is 3.32. The lowest BCUT2D eigenvalue weighted by Gasteiger charge is -2.37. The van der Waals surface area contributed by atoms with E-state index in [1.807, 2.05) is 42.6 Å². The molecular formula is C49H42N2. The van der Waals surface area contributed by atoms with E-state index < -0.39 is 5.41 Å². The van der Waals surface area contributed by atoms with Gasteiger partial charge in [0.2, 0.25) is 0 Å². The molecule has 7 rings (SSSR count). The Morgan fingerprint density at radius 2 is 1.22 bits per heavy atom. The van der Waals surface area contributed by atoms with Crippen LogP contribution in [0, 0.1) is 0 Å². The second kappa shape index (κ2) is 15.0. The lowest BCUT2D eigenvalue weighted by molar-refractivity contribution is 0.731. The molecule has 248 valence electrons. The molecule has 51 heavy (non-hydrogen) atoms. The lowest BCUT2D eigenvalue weighted by atomic mass is 9.64. The summed E-state index contributed by atoms with van der Waals surface area (Å²) in [5, 5.41) is 3.61. The van der Waals surface area contributed by atoms with Crippen LogP contribution in [-0.4, -0.2) is 0 Å². The fourth-order valence-electron chi connectivity index (χ4n) is 7.34. The first-order valence-corrected chi connectivity index (χ1v) is 17.4. The zero-order valence-electron chi connectivity index (χ0n) is 28.8. The molecule has 0 heterocycles. The molecule has 3 N–H and O–H groups in total. The number of hydrogen-bond acceptors (Lipinski definition) is 2. The van der Waals surface area contributed by atoms with Gasteiger partial charge in [-0.15, -0.1) is 0 Å². The van der Waals surface area contributed by atoms with E-state index in [0.29, 0.717) is 0 Å². The van der Waals surface area contributed by atoms with Gasteiger partial charge in [-0.25, -0.2) is 0 Å². The van der Waals surface area contributed by atoms with Gasteiger partial charge in [0.05, 0.1) is 11.5 Å². The van der Waals surface area contributed by atoms with Crippen molar-refractivity contribution in [1.29, 1.82) is 0 Å². The summed E-state index contributed by atoms with van der Waals surface area (Å²) in [6.45, 7) is 9.28. The van der Waals surface area contributed by atoms with Gasteiger partial charge in [-0.3, -0.25) is 0 Å². The molecule has 2 nitrogen and oxygen atoms in total. The van der Waals surface area contributed by atoms with E-state index in [1.165, 1.54) is 33.4 Å². The summed E-state index contributed by atoms with van der Waals surface area (Å²) in [4.78, 5) is 0. The van der Waals surface area contributed by atoms with E-state index in [9.17, 15) is 0 Å². The monoisotopic (exact) mass is 658 g/mol. The molecule has 6 aromatic rings. The maximum absolute atomic E-state index is 6.48. The number of nitrogen functional groups attached to an aromatic ring is 1. The van der Waals surface area contributed by atoms with Gasteiger partial charge in [-0.2, -0.15) is 0 Å². The number of fused-ring (bicyclic) bond motifs is 1. The topological polar surface area (TPSA) is 38.0 Å². The highest BCUT2D eigenvalue weighted by molar-refractivity contribution is 5.67. The summed E-state index contributed by atoms with van der Waals surface area (Å²) in [5.41, 5.74) is 19.3. The van der Waals surface area contributed by atoms with Crippen LogP contribution in [0.5, 0.6) is 0 Å². The van der Waals surface area contributed by atoms with E-state index in [1.54, 1.807) is 0 Å². The molecule has 0 fully saturated rings. The zero-order chi connectivity index (χ0) is 35.0. The Balaban J connectivity index is 1.15. The Morgan fingerprint density at radius 3 is 1.88 bits per heavy atom. The third-order valence-corrected chi connectivity index (χ3v) is 9.88. The van der Waals surface area contributed by atoms with E-state index in [2.05, 4.69) is 164 Å². The van der Waals surface area contributed by atoms with E-state index in [4.69, 9.17) is 12.3 Å². The van der Waals surface area contributed by atoms with Gasteiger partial charge in [0, 0.05) is 11.3 Å². The van der Waals surface area contributed by atoms with Crippen molar-refractivity contribution in [2.24, 2.45) is 0 Å². The maximum atomic E-state index is 6.48. The summed E-state index contributed by atoms with van der Waals surface area (Å²) in [7, 11) is 0. The Morgan fingerprint density at radius 1 is 0.647 bits per heavy atom. The van der Waals surface area contributed by atoms with Crippen molar-refractivity contribution in [2.45, 2.75) is 17.9 Å². The fraction of sp³-hybridized carbons (Fsp3) is 0.0612. The third kappa shape index (κ3) is 6.77. The lowest BCUT2D eigenvalue weighted by Crippen LogP contribution is -2.31. The fourth-order valence-corrected chi connectivity index (χ4v) is 7.34. The van der Waals surface area contributed by atoms with Crippen LogP contribution in [0.15, 0.2) is 224 Å². The number of anilines is 1. The molecule has 1 atom stereocenters. The zero-order valence-corrected chi connectivity index (χ0v) is 28.8. The number of para-hydroxylation sites is 1.